The summed E-state index contributed by atoms with van der Waals surface area (Å²) in [5, 5.41) is 7.83. The van der Waals surface area contributed by atoms with Crippen molar-refractivity contribution in [1.29, 1.82) is 0 Å². The molecule has 1 aliphatic rings. The smallest absolute Gasteiger partial charge is 0.0522 e. The molecular weight excluding hydrogens is 236 g/mol. The average Bonchev–Trinajstić information content (AvgIpc) is 2.63. The van der Waals surface area contributed by atoms with Crippen LogP contribution in [-0.4, -0.2) is 46.9 Å². The molecule has 1 fully saturated rings. The third-order valence-corrected chi connectivity index (χ3v) is 3.90. The van der Waals surface area contributed by atoms with E-state index in [9.17, 15) is 0 Å². The van der Waals surface area contributed by atoms with Crippen LogP contribution in [0.3, 0.4) is 0 Å². The summed E-state index contributed by atoms with van der Waals surface area (Å²) < 4.78 is 1.87. The van der Waals surface area contributed by atoms with Crippen LogP contribution in [0.15, 0.2) is 12.4 Å². The van der Waals surface area contributed by atoms with Crippen molar-refractivity contribution in [3.05, 3.63) is 18.0 Å². The monoisotopic (exact) mass is 264 g/mol. The molecule has 2 heterocycles. The molecule has 1 aromatic rings. The first-order valence-corrected chi connectivity index (χ1v) is 7.67. The number of hydrogen-bond acceptors (Lipinski definition) is 3. The van der Waals surface area contributed by atoms with E-state index in [1.165, 1.54) is 50.9 Å². The first kappa shape index (κ1) is 14.5. The van der Waals surface area contributed by atoms with E-state index in [4.69, 9.17) is 0 Å². The van der Waals surface area contributed by atoms with Crippen LogP contribution < -0.4 is 5.32 Å². The fourth-order valence-electron chi connectivity index (χ4n) is 2.83. The van der Waals surface area contributed by atoms with Gasteiger partial charge in [-0.15, -0.1) is 0 Å². The molecule has 4 heteroatoms. The van der Waals surface area contributed by atoms with Gasteiger partial charge in [-0.1, -0.05) is 12.8 Å². The molecule has 0 saturated carbocycles. The standard InChI is InChI=1S/C15H28N4/c1-14(12-19-9-5-3-4-6-10-19)16-8-7-15-11-17-18(2)13-15/h11,13-14,16H,3-10,12H2,1-2H3/t14-/m0/s1. The largest absolute Gasteiger partial charge is 0.313 e. The van der Waals surface area contributed by atoms with Crippen molar-refractivity contribution < 1.29 is 0 Å². The molecule has 4 nitrogen and oxygen atoms in total. The Morgan fingerprint density at radius 1 is 1.26 bits per heavy atom. The lowest BCUT2D eigenvalue weighted by Gasteiger charge is -2.24. The van der Waals surface area contributed by atoms with Gasteiger partial charge in [-0.2, -0.15) is 5.10 Å². The number of aryl methyl sites for hydroxylation is 1. The van der Waals surface area contributed by atoms with E-state index in [1.54, 1.807) is 0 Å². The van der Waals surface area contributed by atoms with E-state index >= 15 is 0 Å². The van der Waals surface area contributed by atoms with Crippen molar-refractivity contribution in [3.8, 4) is 0 Å². The highest BCUT2D eigenvalue weighted by Crippen LogP contribution is 2.09. The Morgan fingerprint density at radius 2 is 2.00 bits per heavy atom. The predicted octanol–water partition coefficient (Wildman–Crippen LogP) is 1.82. The quantitative estimate of drug-likeness (QED) is 0.851. The van der Waals surface area contributed by atoms with Crippen LogP contribution in [0.1, 0.15) is 38.2 Å². The SMILES string of the molecule is C[C@@H](CN1CCCCCC1)NCCc1cnn(C)c1. The molecule has 0 radical (unpaired) electrons. The van der Waals surface area contributed by atoms with Gasteiger partial charge in [0, 0.05) is 25.8 Å². The van der Waals surface area contributed by atoms with Crippen LogP contribution in [0.5, 0.6) is 0 Å². The van der Waals surface area contributed by atoms with E-state index in [0.29, 0.717) is 6.04 Å². The summed E-state index contributed by atoms with van der Waals surface area (Å²) in [5.74, 6) is 0. The molecule has 0 aliphatic carbocycles. The van der Waals surface area contributed by atoms with Crippen LogP contribution in [0.4, 0.5) is 0 Å². The van der Waals surface area contributed by atoms with Crippen LogP contribution >= 0.6 is 0 Å². The highest BCUT2D eigenvalue weighted by Gasteiger charge is 2.11. The maximum Gasteiger partial charge on any atom is 0.0522 e. The zero-order chi connectivity index (χ0) is 13.5. The molecule has 1 aromatic heterocycles. The van der Waals surface area contributed by atoms with Crippen LogP contribution in [0.25, 0.3) is 0 Å². The van der Waals surface area contributed by atoms with Gasteiger partial charge in [-0.25, -0.2) is 0 Å². The number of likely N-dealkylation sites (tertiary alicyclic amines) is 1. The lowest BCUT2D eigenvalue weighted by molar-refractivity contribution is 0.256. The fourth-order valence-corrected chi connectivity index (χ4v) is 2.83. The van der Waals surface area contributed by atoms with Crippen molar-refractivity contribution >= 4 is 0 Å². The van der Waals surface area contributed by atoms with Gasteiger partial charge >= 0.3 is 0 Å². The normalized spacial score (nSPS) is 19.3. The molecule has 1 aliphatic heterocycles. The highest BCUT2D eigenvalue weighted by molar-refractivity contribution is 5.03. The van der Waals surface area contributed by atoms with Gasteiger partial charge < -0.3 is 10.2 Å². The summed E-state index contributed by atoms with van der Waals surface area (Å²) >= 11 is 0. The summed E-state index contributed by atoms with van der Waals surface area (Å²) in [6.45, 7) is 7.10. The molecule has 2 rings (SSSR count). The second-order valence-electron chi connectivity index (χ2n) is 5.84. The molecule has 108 valence electrons. The molecule has 0 bridgehead atoms. The number of hydrogen-bond donors (Lipinski definition) is 1. The number of nitrogens with zero attached hydrogens (tertiary/aromatic N) is 3. The zero-order valence-corrected chi connectivity index (χ0v) is 12.4. The Balaban J connectivity index is 1.62. The number of nitrogens with one attached hydrogen (secondary N) is 1. The highest BCUT2D eigenvalue weighted by atomic mass is 15.2. The van der Waals surface area contributed by atoms with Gasteiger partial charge in [0.25, 0.3) is 0 Å². The van der Waals surface area contributed by atoms with Crippen LogP contribution in [0, 0.1) is 0 Å². The summed E-state index contributed by atoms with van der Waals surface area (Å²) in [4.78, 5) is 2.62. The third-order valence-electron chi connectivity index (χ3n) is 3.90. The second-order valence-corrected chi connectivity index (χ2v) is 5.84. The first-order valence-electron chi connectivity index (χ1n) is 7.67. The molecule has 1 atom stereocenters. The Kier molecular flexibility index (Phi) is 5.86. The molecule has 19 heavy (non-hydrogen) atoms. The minimum absolute atomic E-state index is 0.578. The van der Waals surface area contributed by atoms with Crippen molar-refractivity contribution in [2.75, 3.05) is 26.2 Å². The Morgan fingerprint density at radius 3 is 2.63 bits per heavy atom. The van der Waals surface area contributed by atoms with Gasteiger partial charge in [0.2, 0.25) is 0 Å². The minimum Gasteiger partial charge on any atom is -0.313 e. The topological polar surface area (TPSA) is 33.1 Å². The molecule has 0 unspecified atom stereocenters. The van der Waals surface area contributed by atoms with E-state index in [1.807, 2.05) is 17.9 Å². The Labute approximate surface area is 117 Å². The van der Waals surface area contributed by atoms with Gasteiger partial charge in [0.15, 0.2) is 0 Å². The molecule has 0 spiro atoms. The van der Waals surface area contributed by atoms with Gasteiger partial charge in [0.1, 0.15) is 0 Å². The van der Waals surface area contributed by atoms with Crippen molar-refractivity contribution in [2.24, 2.45) is 7.05 Å². The van der Waals surface area contributed by atoms with Crippen molar-refractivity contribution in [2.45, 2.75) is 45.1 Å². The summed E-state index contributed by atoms with van der Waals surface area (Å²) in [5.41, 5.74) is 1.32. The predicted molar refractivity (Wildman–Crippen MR) is 79.3 cm³/mol. The summed E-state index contributed by atoms with van der Waals surface area (Å²) in [6.07, 6.45) is 10.7. The lowest BCUT2D eigenvalue weighted by Crippen LogP contribution is -2.40. The second kappa shape index (κ2) is 7.65. The van der Waals surface area contributed by atoms with Crippen molar-refractivity contribution in [3.63, 3.8) is 0 Å². The Bertz CT molecular complexity index is 353. The Hall–Kier alpha value is -0.870. The van der Waals surface area contributed by atoms with E-state index in [-0.39, 0.29) is 0 Å². The van der Waals surface area contributed by atoms with E-state index < -0.39 is 0 Å². The van der Waals surface area contributed by atoms with Gasteiger partial charge in [-0.05, 0) is 51.4 Å². The maximum atomic E-state index is 4.20. The number of rotatable bonds is 6. The van der Waals surface area contributed by atoms with Crippen molar-refractivity contribution in [1.82, 2.24) is 20.0 Å². The summed E-state index contributed by atoms with van der Waals surface area (Å²) in [6, 6.07) is 0.578. The average molecular weight is 264 g/mol. The van der Waals surface area contributed by atoms with Gasteiger partial charge in [-0.3, -0.25) is 4.68 Å². The third kappa shape index (κ3) is 5.33. The molecular formula is C15H28N4. The lowest BCUT2D eigenvalue weighted by atomic mass is 10.2. The van der Waals surface area contributed by atoms with E-state index in [0.717, 1.165) is 13.0 Å². The zero-order valence-electron chi connectivity index (χ0n) is 12.4. The van der Waals surface area contributed by atoms with E-state index in [2.05, 4.69) is 28.4 Å². The van der Waals surface area contributed by atoms with Crippen LogP contribution in [-0.2, 0) is 13.5 Å². The maximum absolute atomic E-state index is 4.20. The first-order chi connectivity index (χ1) is 9.24. The summed E-state index contributed by atoms with van der Waals surface area (Å²) in [7, 11) is 1.97. The minimum atomic E-state index is 0.578. The number of aromatic nitrogens is 2. The molecule has 0 aromatic carbocycles. The van der Waals surface area contributed by atoms with Crippen LogP contribution in [0.2, 0.25) is 0 Å². The van der Waals surface area contributed by atoms with Gasteiger partial charge in [0.05, 0.1) is 6.20 Å². The molecule has 0 amide bonds. The fraction of sp³-hybridized carbons (Fsp3) is 0.800. The molecule has 1 N–H and O–H groups in total. The molecule has 1 saturated heterocycles.